The molecule has 1 N–H and O–H groups in total. The van der Waals surface area contributed by atoms with E-state index in [-0.39, 0.29) is 5.41 Å². The number of benzene rings is 1. The Bertz CT molecular complexity index is 592. The smallest absolute Gasteiger partial charge is 0.231 e. The number of likely N-dealkylation sites (N-methyl/N-ethyl adjacent to an activating group) is 1. The molecule has 1 aliphatic heterocycles. The Morgan fingerprint density at radius 2 is 1.77 bits per heavy atom. The first-order valence-electron chi connectivity index (χ1n) is 8.34. The molecule has 0 spiro atoms. The highest BCUT2D eigenvalue weighted by Gasteiger charge is 2.57. The first-order valence-corrected chi connectivity index (χ1v) is 8.34. The molecule has 22 heavy (non-hydrogen) atoms. The molecule has 0 aromatic heterocycles. The van der Waals surface area contributed by atoms with Gasteiger partial charge in [-0.1, -0.05) is 19.3 Å². The van der Waals surface area contributed by atoms with Crippen LogP contribution in [0.5, 0.6) is 11.5 Å². The van der Waals surface area contributed by atoms with Crippen molar-refractivity contribution in [3.8, 4) is 11.5 Å². The zero-order valence-corrected chi connectivity index (χ0v) is 13.5. The van der Waals surface area contributed by atoms with Gasteiger partial charge in [0, 0.05) is 12.0 Å². The third-order valence-electron chi connectivity index (χ3n) is 5.76. The molecule has 1 aromatic rings. The highest BCUT2D eigenvalue weighted by molar-refractivity contribution is 5.58. The molecule has 1 aromatic carbocycles. The van der Waals surface area contributed by atoms with Crippen LogP contribution < -0.4 is 9.47 Å². The predicted molar refractivity (Wildman–Crippen MR) is 84.5 cm³/mol. The van der Waals surface area contributed by atoms with Crippen molar-refractivity contribution < 1.29 is 14.6 Å². The summed E-state index contributed by atoms with van der Waals surface area (Å²) >= 11 is 0. The first kappa shape index (κ1) is 14.3. The topological polar surface area (TPSA) is 41.9 Å². The highest BCUT2D eigenvalue weighted by Crippen LogP contribution is 2.56. The van der Waals surface area contributed by atoms with Crippen LogP contribution in [0.25, 0.3) is 0 Å². The lowest BCUT2D eigenvalue weighted by Crippen LogP contribution is -2.63. The summed E-state index contributed by atoms with van der Waals surface area (Å²) in [5.41, 5.74) is 1.84. The molecule has 3 aliphatic rings. The average Bonchev–Trinajstić information content (AvgIpc) is 2.92. The average molecular weight is 303 g/mol. The van der Waals surface area contributed by atoms with Gasteiger partial charge in [0.15, 0.2) is 11.5 Å². The molecule has 4 heteroatoms. The fourth-order valence-corrected chi connectivity index (χ4v) is 4.75. The second-order valence-corrected chi connectivity index (χ2v) is 7.45. The first-order chi connectivity index (χ1) is 10.5. The van der Waals surface area contributed by atoms with Crippen molar-refractivity contribution in [1.82, 2.24) is 4.90 Å². The molecule has 1 unspecified atom stereocenters. The number of nitrogens with zero attached hydrogens (tertiary/aromatic N) is 1. The summed E-state index contributed by atoms with van der Waals surface area (Å²) in [6, 6.07) is 4.23. The summed E-state index contributed by atoms with van der Waals surface area (Å²) in [6.45, 7) is 1.19. The molecule has 1 saturated carbocycles. The Kier molecular flexibility index (Phi) is 3.17. The van der Waals surface area contributed by atoms with Gasteiger partial charge in [-0.25, -0.2) is 0 Å². The van der Waals surface area contributed by atoms with Crippen LogP contribution >= 0.6 is 0 Å². The molecule has 0 amide bonds. The number of ether oxygens (including phenoxy) is 2. The number of rotatable bonds is 3. The number of hydrogen-bond acceptors (Lipinski definition) is 4. The van der Waals surface area contributed by atoms with E-state index in [1.165, 1.54) is 17.5 Å². The number of hydrogen-bond donors (Lipinski definition) is 1. The molecule has 1 atom stereocenters. The van der Waals surface area contributed by atoms with Crippen molar-refractivity contribution in [2.24, 2.45) is 0 Å². The van der Waals surface area contributed by atoms with Gasteiger partial charge in [0.1, 0.15) is 0 Å². The summed E-state index contributed by atoms with van der Waals surface area (Å²) in [4.78, 5) is 2.21. The fraction of sp³-hybridized carbons (Fsp3) is 0.667. The quantitative estimate of drug-likeness (QED) is 0.931. The fourth-order valence-electron chi connectivity index (χ4n) is 4.75. The number of aliphatic hydroxyl groups is 1. The van der Waals surface area contributed by atoms with Crippen molar-refractivity contribution in [2.45, 2.75) is 49.5 Å². The van der Waals surface area contributed by atoms with Gasteiger partial charge >= 0.3 is 0 Å². The summed E-state index contributed by atoms with van der Waals surface area (Å²) < 4.78 is 11.1. The van der Waals surface area contributed by atoms with Crippen LogP contribution in [0, 0.1) is 0 Å². The van der Waals surface area contributed by atoms with Crippen LogP contribution in [-0.2, 0) is 11.8 Å². The van der Waals surface area contributed by atoms with Crippen molar-refractivity contribution in [1.29, 1.82) is 0 Å². The van der Waals surface area contributed by atoms with Crippen LogP contribution in [0.2, 0.25) is 0 Å². The second kappa shape index (κ2) is 4.87. The predicted octanol–water partition coefficient (Wildman–Crippen LogP) is 2.47. The summed E-state index contributed by atoms with van der Waals surface area (Å²) in [6.07, 6.45) is 6.27. The van der Waals surface area contributed by atoms with Gasteiger partial charge in [-0.15, -0.1) is 0 Å². The van der Waals surface area contributed by atoms with Crippen LogP contribution in [0.1, 0.15) is 43.2 Å². The molecular formula is C18H25NO3. The maximum Gasteiger partial charge on any atom is 0.231 e. The van der Waals surface area contributed by atoms with Gasteiger partial charge in [-0.05, 0) is 56.6 Å². The van der Waals surface area contributed by atoms with Gasteiger partial charge in [-0.2, -0.15) is 0 Å². The summed E-state index contributed by atoms with van der Waals surface area (Å²) in [5.74, 6) is 1.69. The van der Waals surface area contributed by atoms with Crippen molar-refractivity contribution in [3.63, 3.8) is 0 Å². The van der Waals surface area contributed by atoms with E-state index in [2.05, 4.69) is 31.1 Å². The molecule has 0 bridgehead atoms. The molecule has 120 valence electrons. The Labute approximate surface area is 132 Å². The summed E-state index contributed by atoms with van der Waals surface area (Å²) in [7, 11) is 4.19. The van der Waals surface area contributed by atoms with E-state index in [9.17, 15) is 5.11 Å². The van der Waals surface area contributed by atoms with Gasteiger partial charge in [-0.3, -0.25) is 0 Å². The zero-order chi connectivity index (χ0) is 15.4. The minimum absolute atomic E-state index is 0.159. The highest BCUT2D eigenvalue weighted by atomic mass is 16.7. The van der Waals surface area contributed by atoms with E-state index in [0.29, 0.717) is 6.79 Å². The van der Waals surface area contributed by atoms with E-state index >= 15 is 0 Å². The van der Waals surface area contributed by atoms with E-state index in [0.717, 1.165) is 50.1 Å². The van der Waals surface area contributed by atoms with Crippen molar-refractivity contribution in [3.05, 3.63) is 23.3 Å². The lowest BCUT2D eigenvalue weighted by Gasteiger charge is -2.57. The largest absolute Gasteiger partial charge is 0.454 e. The van der Waals surface area contributed by atoms with Gasteiger partial charge in [0.25, 0.3) is 0 Å². The second-order valence-electron chi connectivity index (χ2n) is 7.45. The molecule has 1 fully saturated rings. The zero-order valence-electron chi connectivity index (χ0n) is 13.5. The van der Waals surface area contributed by atoms with Crippen LogP contribution in [-0.4, -0.2) is 43.0 Å². The lowest BCUT2D eigenvalue weighted by atomic mass is 9.52. The minimum Gasteiger partial charge on any atom is -0.454 e. The molecular weight excluding hydrogens is 278 g/mol. The Morgan fingerprint density at radius 3 is 2.45 bits per heavy atom. The van der Waals surface area contributed by atoms with Gasteiger partial charge in [0.05, 0.1) is 5.60 Å². The minimum atomic E-state index is -0.587. The molecule has 1 heterocycles. The summed E-state index contributed by atoms with van der Waals surface area (Å²) in [5, 5.41) is 11.5. The number of fused-ring (bicyclic) bond motifs is 2. The standard InChI is InChI=1S/C18H25NO3/c1-19(2)11-17(18(20)6-4-3-5-7-18)10-13-8-15-16(9-14(13)17)22-12-21-15/h8-9,20H,3-7,10-12H2,1-2H3. The van der Waals surface area contributed by atoms with E-state index < -0.39 is 5.60 Å². The van der Waals surface area contributed by atoms with Crippen LogP contribution in [0.15, 0.2) is 12.1 Å². The Hall–Kier alpha value is -1.26. The van der Waals surface area contributed by atoms with E-state index in [4.69, 9.17) is 9.47 Å². The Balaban J connectivity index is 1.77. The third-order valence-corrected chi connectivity index (χ3v) is 5.76. The molecule has 0 radical (unpaired) electrons. The third kappa shape index (κ3) is 1.90. The monoisotopic (exact) mass is 303 g/mol. The molecule has 0 saturated heterocycles. The van der Waals surface area contributed by atoms with Crippen molar-refractivity contribution >= 4 is 0 Å². The normalized spacial score (nSPS) is 28.4. The van der Waals surface area contributed by atoms with E-state index in [1.807, 2.05) is 0 Å². The maximum absolute atomic E-state index is 11.5. The molecule has 4 rings (SSSR count). The van der Waals surface area contributed by atoms with Gasteiger partial charge < -0.3 is 19.5 Å². The lowest BCUT2D eigenvalue weighted by molar-refractivity contribution is -0.0870. The molecule has 4 nitrogen and oxygen atoms in total. The maximum atomic E-state index is 11.5. The van der Waals surface area contributed by atoms with E-state index in [1.54, 1.807) is 0 Å². The van der Waals surface area contributed by atoms with Crippen LogP contribution in [0.4, 0.5) is 0 Å². The van der Waals surface area contributed by atoms with Crippen LogP contribution in [0.3, 0.4) is 0 Å². The van der Waals surface area contributed by atoms with Crippen molar-refractivity contribution in [2.75, 3.05) is 27.4 Å². The van der Waals surface area contributed by atoms with Gasteiger partial charge in [0.2, 0.25) is 6.79 Å². The Morgan fingerprint density at radius 1 is 1.09 bits per heavy atom. The SMILES string of the molecule is CN(C)CC1(C2(O)CCCCC2)Cc2cc3c(cc21)OCO3. The molecule has 2 aliphatic carbocycles.